The van der Waals surface area contributed by atoms with Gasteiger partial charge < -0.3 is 4.57 Å². The minimum Gasteiger partial charge on any atom is -0.326 e. The molecule has 0 aliphatic carbocycles. The Morgan fingerprint density at radius 2 is 2.00 bits per heavy atom. The SMILES string of the molecule is CC(C)n1ccnc1C(=O)Cc1ccccc1. The zero-order chi connectivity index (χ0) is 12.3. The quantitative estimate of drug-likeness (QED) is 0.754. The van der Waals surface area contributed by atoms with Crippen LogP contribution in [0.15, 0.2) is 42.7 Å². The van der Waals surface area contributed by atoms with Gasteiger partial charge in [-0.2, -0.15) is 0 Å². The molecule has 0 radical (unpaired) electrons. The van der Waals surface area contributed by atoms with E-state index in [1.54, 1.807) is 6.20 Å². The molecule has 17 heavy (non-hydrogen) atoms. The molecule has 0 fully saturated rings. The van der Waals surface area contributed by atoms with Crippen LogP contribution in [0, 0.1) is 0 Å². The molecule has 1 heterocycles. The summed E-state index contributed by atoms with van der Waals surface area (Å²) in [4.78, 5) is 16.3. The van der Waals surface area contributed by atoms with Crippen molar-refractivity contribution in [1.29, 1.82) is 0 Å². The highest BCUT2D eigenvalue weighted by molar-refractivity contribution is 5.94. The minimum absolute atomic E-state index is 0.0647. The summed E-state index contributed by atoms with van der Waals surface area (Å²) in [7, 11) is 0. The molecule has 0 N–H and O–H groups in total. The monoisotopic (exact) mass is 228 g/mol. The molecule has 0 bridgehead atoms. The smallest absolute Gasteiger partial charge is 0.202 e. The van der Waals surface area contributed by atoms with E-state index in [4.69, 9.17) is 0 Å². The zero-order valence-corrected chi connectivity index (χ0v) is 10.1. The lowest BCUT2D eigenvalue weighted by atomic mass is 10.1. The molecular weight excluding hydrogens is 212 g/mol. The molecule has 3 heteroatoms. The van der Waals surface area contributed by atoms with Crippen LogP contribution in [-0.4, -0.2) is 15.3 Å². The Bertz CT molecular complexity index is 500. The van der Waals surface area contributed by atoms with Gasteiger partial charge in [0, 0.05) is 24.9 Å². The Balaban J connectivity index is 2.18. The van der Waals surface area contributed by atoms with E-state index >= 15 is 0 Å². The van der Waals surface area contributed by atoms with Crippen LogP contribution in [0.3, 0.4) is 0 Å². The van der Waals surface area contributed by atoms with Gasteiger partial charge in [0.2, 0.25) is 5.78 Å². The van der Waals surface area contributed by atoms with E-state index in [2.05, 4.69) is 4.98 Å². The number of nitrogens with zero attached hydrogens (tertiary/aromatic N) is 2. The summed E-state index contributed by atoms with van der Waals surface area (Å²) < 4.78 is 1.91. The number of Topliss-reactive ketones (excluding diaryl/α,β-unsaturated/α-hetero) is 1. The van der Waals surface area contributed by atoms with Gasteiger partial charge in [-0.15, -0.1) is 0 Å². The second kappa shape index (κ2) is 4.95. The summed E-state index contributed by atoms with van der Waals surface area (Å²) >= 11 is 0. The highest BCUT2D eigenvalue weighted by atomic mass is 16.1. The lowest BCUT2D eigenvalue weighted by molar-refractivity contribution is 0.0977. The van der Waals surface area contributed by atoms with E-state index in [1.165, 1.54) is 0 Å². The van der Waals surface area contributed by atoms with Gasteiger partial charge in [0.1, 0.15) is 0 Å². The molecule has 2 rings (SSSR count). The van der Waals surface area contributed by atoms with Crippen LogP contribution in [0.1, 0.15) is 36.1 Å². The molecule has 0 spiro atoms. The van der Waals surface area contributed by atoms with Gasteiger partial charge in [0.15, 0.2) is 5.82 Å². The molecule has 0 saturated heterocycles. The van der Waals surface area contributed by atoms with Crippen LogP contribution in [0.25, 0.3) is 0 Å². The second-order valence-electron chi connectivity index (χ2n) is 4.34. The maximum atomic E-state index is 12.1. The standard InChI is InChI=1S/C14H16N2O/c1-11(2)16-9-8-15-14(16)13(17)10-12-6-4-3-5-7-12/h3-9,11H,10H2,1-2H3. The third-order valence-electron chi connectivity index (χ3n) is 2.68. The van der Waals surface area contributed by atoms with Crippen LogP contribution < -0.4 is 0 Å². The fourth-order valence-corrected chi connectivity index (χ4v) is 1.81. The summed E-state index contributed by atoms with van der Waals surface area (Å²) in [6.07, 6.45) is 3.94. The van der Waals surface area contributed by atoms with Gasteiger partial charge in [-0.3, -0.25) is 4.79 Å². The summed E-state index contributed by atoms with van der Waals surface area (Å²) in [5, 5.41) is 0. The number of ketones is 1. The first-order valence-electron chi connectivity index (χ1n) is 5.78. The van der Waals surface area contributed by atoms with Gasteiger partial charge in [-0.1, -0.05) is 30.3 Å². The number of benzene rings is 1. The zero-order valence-electron chi connectivity index (χ0n) is 10.1. The number of carbonyl (C=O) groups excluding carboxylic acids is 1. The van der Waals surface area contributed by atoms with E-state index in [1.807, 2.05) is 54.9 Å². The number of hydrogen-bond acceptors (Lipinski definition) is 2. The molecular formula is C14H16N2O. The Morgan fingerprint density at radius 1 is 1.29 bits per heavy atom. The number of carbonyl (C=O) groups is 1. The molecule has 0 aliphatic heterocycles. The van der Waals surface area contributed by atoms with Crippen molar-refractivity contribution in [2.45, 2.75) is 26.3 Å². The number of imidazole rings is 1. The number of rotatable bonds is 4. The van der Waals surface area contributed by atoms with Crippen molar-refractivity contribution in [3.63, 3.8) is 0 Å². The second-order valence-corrected chi connectivity index (χ2v) is 4.34. The van der Waals surface area contributed by atoms with Crippen LogP contribution in [-0.2, 0) is 6.42 Å². The summed E-state index contributed by atoms with van der Waals surface area (Å²) in [6, 6.07) is 10.0. The van der Waals surface area contributed by atoms with E-state index in [-0.39, 0.29) is 11.8 Å². The third-order valence-corrected chi connectivity index (χ3v) is 2.68. The third kappa shape index (κ3) is 2.61. The van der Waals surface area contributed by atoms with Crippen molar-refractivity contribution in [2.24, 2.45) is 0 Å². The van der Waals surface area contributed by atoms with Gasteiger partial charge in [-0.05, 0) is 19.4 Å². The van der Waals surface area contributed by atoms with E-state index in [0.29, 0.717) is 12.2 Å². The Hall–Kier alpha value is -1.90. The predicted molar refractivity (Wildman–Crippen MR) is 67.1 cm³/mol. The van der Waals surface area contributed by atoms with Crippen LogP contribution in [0.4, 0.5) is 0 Å². The molecule has 0 unspecified atom stereocenters. The van der Waals surface area contributed by atoms with Gasteiger partial charge in [0.25, 0.3) is 0 Å². The van der Waals surface area contributed by atoms with Gasteiger partial charge in [0.05, 0.1) is 0 Å². The maximum Gasteiger partial charge on any atom is 0.202 e. The molecule has 0 atom stereocenters. The van der Waals surface area contributed by atoms with E-state index in [9.17, 15) is 4.79 Å². The molecule has 0 saturated carbocycles. The molecule has 88 valence electrons. The van der Waals surface area contributed by atoms with Crippen LogP contribution in [0.5, 0.6) is 0 Å². The van der Waals surface area contributed by atoms with Crippen molar-refractivity contribution in [3.8, 4) is 0 Å². The highest BCUT2D eigenvalue weighted by Gasteiger charge is 2.14. The largest absolute Gasteiger partial charge is 0.326 e. The average molecular weight is 228 g/mol. The molecule has 1 aromatic heterocycles. The fourth-order valence-electron chi connectivity index (χ4n) is 1.81. The fraction of sp³-hybridized carbons (Fsp3) is 0.286. The summed E-state index contributed by atoms with van der Waals surface area (Å²) in [5.41, 5.74) is 1.02. The first-order valence-corrected chi connectivity index (χ1v) is 5.78. The molecule has 0 aliphatic rings. The Morgan fingerprint density at radius 3 is 2.65 bits per heavy atom. The van der Waals surface area contributed by atoms with Crippen LogP contribution in [0.2, 0.25) is 0 Å². The lowest BCUT2D eigenvalue weighted by Gasteiger charge is -2.10. The van der Waals surface area contributed by atoms with Crippen molar-refractivity contribution in [3.05, 3.63) is 54.1 Å². The molecule has 3 nitrogen and oxygen atoms in total. The summed E-state index contributed by atoms with van der Waals surface area (Å²) in [5.74, 6) is 0.610. The van der Waals surface area contributed by atoms with Gasteiger partial charge in [-0.25, -0.2) is 4.98 Å². The number of hydrogen-bond donors (Lipinski definition) is 0. The molecule has 0 amide bonds. The van der Waals surface area contributed by atoms with E-state index < -0.39 is 0 Å². The van der Waals surface area contributed by atoms with Gasteiger partial charge >= 0.3 is 0 Å². The topological polar surface area (TPSA) is 34.9 Å². The van der Waals surface area contributed by atoms with Crippen molar-refractivity contribution < 1.29 is 4.79 Å². The highest BCUT2D eigenvalue weighted by Crippen LogP contribution is 2.11. The van der Waals surface area contributed by atoms with Crippen molar-refractivity contribution in [1.82, 2.24) is 9.55 Å². The minimum atomic E-state index is 0.0647. The first kappa shape index (κ1) is 11.6. The molecule has 2 aromatic rings. The normalized spacial score (nSPS) is 10.8. The first-order chi connectivity index (χ1) is 8.18. The average Bonchev–Trinajstić information content (AvgIpc) is 2.79. The maximum absolute atomic E-state index is 12.1. The predicted octanol–water partition coefficient (Wildman–Crippen LogP) is 2.89. The lowest BCUT2D eigenvalue weighted by Crippen LogP contribution is -2.13. The van der Waals surface area contributed by atoms with Crippen molar-refractivity contribution >= 4 is 5.78 Å². The van der Waals surface area contributed by atoms with Crippen LogP contribution >= 0.6 is 0 Å². The molecule has 1 aromatic carbocycles. The van der Waals surface area contributed by atoms with Crippen molar-refractivity contribution in [2.75, 3.05) is 0 Å². The Kier molecular flexibility index (Phi) is 3.38. The van der Waals surface area contributed by atoms with E-state index in [0.717, 1.165) is 5.56 Å². The number of aromatic nitrogens is 2. The Labute approximate surface area is 101 Å². The summed E-state index contributed by atoms with van der Waals surface area (Å²) in [6.45, 7) is 4.09.